The van der Waals surface area contributed by atoms with Crippen molar-refractivity contribution in [3.63, 3.8) is 0 Å². The quantitative estimate of drug-likeness (QED) is 0.831. The molecule has 0 spiro atoms. The van der Waals surface area contributed by atoms with E-state index in [4.69, 9.17) is 4.74 Å². The molecule has 0 saturated heterocycles. The molecule has 0 aliphatic heterocycles. The molecule has 0 fully saturated rings. The van der Waals surface area contributed by atoms with Crippen LogP contribution in [0.25, 0.3) is 0 Å². The van der Waals surface area contributed by atoms with Gasteiger partial charge in [0.1, 0.15) is 11.6 Å². The van der Waals surface area contributed by atoms with E-state index >= 15 is 0 Å². The Labute approximate surface area is 130 Å². The molecule has 1 amide bonds. The van der Waals surface area contributed by atoms with E-state index in [1.54, 1.807) is 6.20 Å². The topological polar surface area (TPSA) is 54.1 Å². The molecule has 1 atom stereocenters. The van der Waals surface area contributed by atoms with Crippen LogP contribution >= 0.6 is 0 Å². The number of aromatic amines is 1. The fourth-order valence-corrected chi connectivity index (χ4v) is 1.82. The Kier molecular flexibility index (Phi) is 4.90. The van der Waals surface area contributed by atoms with Gasteiger partial charge in [0.2, 0.25) is 0 Å². The van der Waals surface area contributed by atoms with Crippen molar-refractivity contribution in [1.29, 1.82) is 0 Å². The molecule has 0 bridgehead atoms. The first kappa shape index (κ1) is 15.7. The minimum absolute atomic E-state index is 0.454. The van der Waals surface area contributed by atoms with Gasteiger partial charge in [0.15, 0.2) is 0 Å². The molecule has 4 heteroatoms. The van der Waals surface area contributed by atoms with Crippen LogP contribution < -0.4 is 5.32 Å². The first-order valence-corrected chi connectivity index (χ1v) is 7.13. The van der Waals surface area contributed by atoms with Gasteiger partial charge in [-0.2, -0.15) is 0 Å². The van der Waals surface area contributed by atoms with Gasteiger partial charge in [0, 0.05) is 11.8 Å². The Morgan fingerprint density at radius 2 is 1.91 bits per heavy atom. The van der Waals surface area contributed by atoms with Gasteiger partial charge in [-0.1, -0.05) is 30.0 Å². The van der Waals surface area contributed by atoms with Crippen molar-refractivity contribution < 1.29 is 9.53 Å². The number of nitrogens with one attached hydrogen (secondary N) is 2. The van der Waals surface area contributed by atoms with E-state index in [1.165, 1.54) is 0 Å². The summed E-state index contributed by atoms with van der Waals surface area (Å²) in [7, 11) is 0. The van der Waals surface area contributed by atoms with E-state index in [0.29, 0.717) is 0 Å². The van der Waals surface area contributed by atoms with Crippen molar-refractivity contribution in [3.05, 3.63) is 59.9 Å². The zero-order chi connectivity index (χ0) is 16.0. The Bertz CT molecular complexity index is 659. The maximum absolute atomic E-state index is 12.0. The van der Waals surface area contributed by atoms with Gasteiger partial charge in [-0.15, -0.1) is 0 Å². The summed E-state index contributed by atoms with van der Waals surface area (Å²) in [6, 6.07) is 12.9. The number of benzene rings is 1. The zero-order valence-corrected chi connectivity index (χ0v) is 13.0. The molecule has 2 rings (SSSR count). The Hall–Kier alpha value is -2.67. The second-order valence-electron chi connectivity index (χ2n) is 5.84. The van der Waals surface area contributed by atoms with E-state index in [9.17, 15) is 4.79 Å². The van der Waals surface area contributed by atoms with Gasteiger partial charge < -0.3 is 15.0 Å². The number of hydrogen-bond donors (Lipinski definition) is 2. The van der Waals surface area contributed by atoms with Crippen molar-refractivity contribution in [2.24, 2.45) is 0 Å². The van der Waals surface area contributed by atoms with Gasteiger partial charge >= 0.3 is 6.09 Å². The number of rotatable bonds is 2. The Balaban J connectivity index is 2.15. The summed E-state index contributed by atoms with van der Waals surface area (Å²) in [5, 5.41) is 2.78. The number of carbonyl (C=O) groups is 1. The summed E-state index contributed by atoms with van der Waals surface area (Å²) in [6.45, 7) is 5.48. The highest BCUT2D eigenvalue weighted by molar-refractivity contribution is 5.69. The second-order valence-corrected chi connectivity index (χ2v) is 5.84. The van der Waals surface area contributed by atoms with E-state index in [2.05, 4.69) is 22.1 Å². The number of carbonyl (C=O) groups excluding carboxylic acids is 1. The molecule has 4 nitrogen and oxygen atoms in total. The molecule has 114 valence electrons. The third-order valence-electron chi connectivity index (χ3n) is 2.73. The molecule has 0 radical (unpaired) electrons. The van der Waals surface area contributed by atoms with Gasteiger partial charge in [0.25, 0.3) is 0 Å². The smallest absolute Gasteiger partial charge is 0.408 e. The number of H-pyrrole nitrogens is 1. The number of aromatic nitrogens is 1. The first-order valence-electron chi connectivity index (χ1n) is 7.13. The average molecular weight is 296 g/mol. The van der Waals surface area contributed by atoms with Crippen molar-refractivity contribution in [1.82, 2.24) is 10.3 Å². The summed E-state index contributed by atoms with van der Waals surface area (Å²) in [5.41, 5.74) is 1.16. The van der Waals surface area contributed by atoms with Gasteiger partial charge in [0.05, 0.1) is 5.69 Å². The van der Waals surface area contributed by atoms with E-state index in [0.717, 1.165) is 11.3 Å². The van der Waals surface area contributed by atoms with E-state index < -0.39 is 17.7 Å². The lowest BCUT2D eigenvalue weighted by Crippen LogP contribution is -2.34. The minimum atomic E-state index is -0.544. The monoisotopic (exact) mass is 296 g/mol. The third kappa shape index (κ3) is 5.02. The van der Waals surface area contributed by atoms with Crippen molar-refractivity contribution in [3.8, 4) is 11.8 Å². The summed E-state index contributed by atoms with van der Waals surface area (Å²) in [4.78, 5) is 15.0. The van der Waals surface area contributed by atoms with Crippen LogP contribution in [0.15, 0.2) is 48.7 Å². The predicted molar refractivity (Wildman–Crippen MR) is 86.2 cm³/mol. The number of amides is 1. The van der Waals surface area contributed by atoms with Crippen LogP contribution in [0.1, 0.15) is 38.1 Å². The van der Waals surface area contributed by atoms with Gasteiger partial charge in [-0.3, -0.25) is 0 Å². The summed E-state index contributed by atoms with van der Waals surface area (Å²) < 4.78 is 5.29. The summed E-state index contributed by atoms with van der Waals surface area (Å²) >= 11 is 0. The normalized spacial score (nSPS) is 12.0. The van der Waals surface area contributed by atoms with Gasteiger partial charge in [-0.05, 0) is 45.0 Å². The molecule has 2 aromatic rings. The molecule has 22 heavy (non-hydrogen) atoms. The molecule has 0 aliphatic carbocycles. The molecule has 1 aromatic heterocycles. The van der Waals surface area contributed by atoms with Crippen LogP contribution in [-0.4, -0.2) is 16.7 Å². The van der Waals surface area contributed by atoms with Crippen molar-refractivity contribution in [2.45, 2.75) is 32.4 Å². The molecule has 1 aromatic carbocycles. The Morgan fingerprint density at radius 1 is 1.18 bits per heavy atom. The molecule has 0 unspecified atom stereocenters. The third-order valence-corrected chi connectivity index (χ3v) is 2.73. The number of ether oxygens (including phenoxy) is 1. The van der Waals surface area contributed by atoms with E-state index in [1.807, 2.05) is 63.2 Å². The van der Waals surface area contributed by atoms with Crippen molar-refractivity contribution in [2.75, 3.05) is 0 Å². The SMILES string of the molecule is CC(C)(C)OC(=O)N[C@@H](C#Cc1ccccc1)c1ccc[nH]1. The minimum Gasteiger partial charge on any atom is -0.444 e. The zero-order valence-electron chi connectivity index (χ0n) is 13.0. The summed E-state index contributed by atoms with van der Waals surface area (Å²) in [5.74, 6) is 6.12. The average Bonchev–Trinajstić information content (AvgIpc) is 2.96. The van der Waals surface area contributed by atoms with Crippen LogP contribution in [0.4, 0.5) is 4.79 Å². The fourth-order valence-electron chi connectivity index (χ4n) is 1.82. The second kappa shape index (κ2) is 6.86. The lowest BCUT2D eigenvalue weighted by Gasteiger charge is -2.21. The summed E-state index contributed by atoms with van der Waals surface area (Å²) in [6.07, 6.45) is 1.30. The lowest BCUT2D eigenvalue weighted by molar-refractivity contribution is 0.0515. The lowest BCUT2D eigenvalue weighted by atomic mass is 10.1. The van der Waals surface area contributed by atoms with Crippen LogP contribution in [0.2, 0.25) is 0 Å². The predicted octanol–water partition coefficient (Wildman–Crippen LogP) is 3.63. The standard InChI is InChI=1S/C18H20N2O2/c1-18(2,3)22-17(21)20-16(15-10-7-13-19-15)12-11-14-8-5-4-6-9-14/h4-10,13,16,19H,1-3H3,(H,20,21)/t16-/m0/s1. The van der Waals surface area contributed by atoms with E-state index in [-0.39, 0.29) is 0 Å². The molecular formula is C18H20N2O2. The molecule has 0 saturated carbocycles. The maximum Gasteiger partial charge on any atom is 0.408 e. The van der Waals surface area contributed by atoms with Crippen LogP contribution in [-0.2, 0) is 4.74 Å². The number of hydrogen-bond acceptors (Lipinski definition) is 2. The van der Waals surface area contributed by atoms with Crippen LogP contribution in [0.5, 0.6) is 0 Å². The van der Waals surface area contributed by atoms with Crippen LogP contribution in [0, 0.1) is 11.8 Å². The highest BCUT2D eigenvalue weighted by Crippen LogP contribution is 2.12. The fraction of sp³-hybridized carbons (Fsp3) is 0.278. The largest absolute Gasteiger partial charge is 0.444 e. The van der Waals surface area contributed by atoms with Crippen LogP contribution in [0.3, 0.4) is 0 Å². The molecular weight excluding hydrogens is 276 g/mol. The maximum atomic E-state index is 12.0. The number of alkyl carbamates (subject to hydrolysis) is 1. The molecule has 1 heterocycles. The highest BCUT2D eigenvalue weighted by Gasteiger charge is 2.19. The van der Waals surface area contributed by atoms with Gasteiger partial charge in [-0.25, -0.2) is 4.79 Å². The highest BCUT2D eigenvalue weighted by atomic mass is 16.6. The Morgan fingerprint density at radius 3 is 2.50 bits per heavy atom. The molecule has 2 N–H and O–H groups in total. The van der Waals surface area contributed by atoms with Crippen molar-refractivity contribution >= 4 is 6.09 Å². The molecule has 0 aliphatic rings. The first-order chi connectivity index (χ1) is 10.4.